The Balaban J connectivity index is 4.00. The van der Waals surface area contributed by atoms with Gasteiger partial charge in [-0.05, 0) is 96.3 Å². The zero-order valence-electron chi connectivity index (χ0n) is 60.2. The van der Waals surface area contributed by atoms with Crippen molar-refractivity contribution in [2.45, 2.75) is 360 Å². The summed E-state index contributed by atoms with van der Waals surface area (Å²) < 4.78 is 22.8. The van der Waals surface area contributed by atoms with Crippen LogP contribution in [0.1, 0.15) is 348 Å². The molecule has 0 saturated heterocycles. The van der Waals surface area contributed by atoms with E-state index in [-0.39, 0.29) is 32.2 Å². The van der Waals surface area contributed by atoms with Crippen LogP contribution in [0.25, 0.3) is 0 Å². The lowest BCUT2D eigenvalue weighted by Crippen LogP contribution is -2.44. The summed E-state index contributed by atoms with van der Waals surface area (Å²) >= 11 is 0. The third-order valence-electron chi connectivity index (χ3n) is 16.8. The molecule has 526 valence electrons. The molecule has 0 N–H and O–H groups in total. The van der Waals surface area contributed by atoms with Crippen molar-refractivity contribution in [3.05, 3.63) is 97.2 Å². The maximum Gasteiger partial charge on any atom is 0.306 e. The number of hydrogen-bond donors (Lipinski definition) is 0. The van der Waals surface area contributed by atoms with Gasteiger partial charge < -0.3 is 33.3 Å². The van der Waals surface area contributed by atoms with Gasteiger partial charge in [-0.25, -0.2) is 0 Å². The molecule has 0 aliphatic rings. The summed E-state index contributed by atoms with van der Waals surface area (Å²) in [4.78, 5) is 37.6. The number of hydrogen-bond acceptors (Lipinski definition) is 8. The van der Waals surface area contributed by atoms with E-state index in [0.717, 1.165) is 77.0 Å². The van der Waals surface area contributed by atoms with E-state index in [1.54, 1.807) is 0 Å². The van der Waals surface area contributed by atoms with Crippen molar-refractivity contribution in [2.75, 3.05) is 47.5 Å². The lowest BCUT2D eigenvalue weighted by Gasteiger charge is -2.26. The first kappa shape index (κ1) is 87.2. The highest BCUT2D eigenvalue weighted by molar-refractivity contribution is 5.70. The van der Waals surface area contributed by atoms with Crippen molar-refractivity contribution in [3.8, 4) is 0 Å². The monoisotopic (exact) mass is 1270 g/mol. The number of quaternary nitrogens is 1. The summed E-state index contributed by atoms with van der Waals surface area (Å²) in [5, 5.41) is 11.8. The first-order valence-electron chi connectivity index (χ1n) is 38.4. The predicted molar refractivity (Wildman–Crippen MR) is 389 cm³/mol. The Morgan fingerprint density at radius 3 is 0.934 bits per heavy atom. The summed E-state index contributed by atoms with van der Waals surface area (Å²) in [5.74, 6) is -2.26. The number of rotatable bonds is 71. The molecule has 0 rings (SSSR count). The van der Waals surface area contributed by atoms with Crippen molar-refractivity contribution in [1.29, 1.82) is 0 Å². The minimum absolute atomic E-state index is 0.147. The van der Waals surface area contributed by atoms with Gasteiger partial charge in [0, 0.05) is 12.8 Å². The maximum atomic E-state index is 13.0. The normalized spacial score (nSPS) is 13.2. The Morgan fingerprint density at radius 1 is 0.341 bits per heavy atom. The second-order valence-electron chi connectivity index (χ2n) is 26.9. The van der Waals surface area contributed by atoms with Crippen molar-refractivity contribution in [3.63, 3.8) is 0 Å². The van der Waals surface area contributed by atoms with Crippen LogP contribution in [0.15, 0.2) is 97.2 Å². The number of likely N-dealkylation sites (N-methyl/N-ethyl adjacent to an activating group) is 1. The molecule has 0 aromatic carbocycles. The Bertz CT molecular complexity index is 1820. The number of unbranched alkanes of at least 4 members (excludes halogenated alkanes) is 40. The topological polar surface area (TPSA) is 111 Å². The highest BCUT2D eigenvalue weighted by Gasteiger charge is 2.22. The molecule has 0 aliphatic carbocycles. The van der Waals surface area contributed by atoms with Gasteiger partial charge in [-0.1, -0.05) is 336 Å². The molecule has 0 aromatic rings. The lowest BCUT2D eigenvalue weighted by atomic mass is 10.0. The average Bonchev–Trinajstić information content (AvgIpc) is 3.53. The first-order valence-corrected chi connectivity index (χ1v) is 38.4. The van der Waals surface area contributed by atoms with E-state index in [0.29, 0.717) is 23.9 Å². The third-order valence-corrected chi connectivity index (χ3v) is 16.8. The fourth-order valence-corrected chi connectivity index (χ4v) is 11.0. The van der Waals surface area contributed by atoms with Crippen LogP contribution in [0.3, 0.4) is 0 Å². The van der Waals surface area contributed by atoms with E-state index >= 15 is 0 Å². The first-order chi connectivity index (χ1) is 44.6. The van der Waals surface area contributed by atoms with Gasteiger partial charge in [0.1, 0.15) is 13.2 Å². The van der Waals surface area contributed by atoms with Gasteiger partial charge in [0.15, 0.2) is 12.4 Å². The Kier molecular flexibility index (Phi) is 69.0. The van der Waals surface area contributed by atoms with Gasteiger partial charge in [0.25, 0.3) is 0 Å². The molecular formula is C82H145NO8. The van der Waals surface area contributed by atoms with Crippen LogP contribution >= 0.6 is 0 Å². The number of ether oxygens (including phenoxy) is 4. The number of carboxylic acid groups (broad SMARTS) is 1. The molecular weight excluding hydrogens is 1130 g/mol. The van der Waals surface area contributed by atoms with Gasteiger partial charge >= 0.3 is 11.9 Å². The minimum Gasteiger partial charge on any atom is -0.545 e. The van der Waals surface area contributed by atoms with Crippen molar-refractivity contribution in [2.24, 2.45) is 0 Å². The summed E-state index contributed by atoms with van der Waals surface area (Å²) in [7, 11) is 5.94. The number of allylic oxidation sites excluding steroid dienone is 16. The second kappa shape index (κ2) is 72.0. The molecule has 9 nitrogen and oxygen atoms in total. The number of aliphatic carboxylic acids is 1. The molecule has 0 saturated carbocycles. The molecule has 2 atom stereocenters. The van der Waals surface area contributed by atoms with Crippen LogP contribution < -0.4 is 5.11 Å². The third kappa shape index (κ3) is 73.5. The zero-order valence-corrected chi connectivity index (χ0v) is 60.2. The number of carbonyl (C=O) groups is 3. The Morgan fingerprint density at radius 2 is 0.626 bits per heavy atom. The molecule has 0 spiro atoms. The van der Waals surface area contributed by atoms with E-state index < -0.39 is 24.3 Å². The largest absolute Gasteiger partial charge is 0.545 e. The molecule has 0 amide bonds. The summed E-state index contributed by atoms with van der Waals surface area (Å²) in [5.41, 5.74) is 0. The minimum atomic E-state index is -1.62. The van der Waals surface area contributed by atoms with Gasteiger partial charge in [0.2, 0.25) is 0 Å². The van der Waals surface area contributed by atoms with Crippen LogP contribution in [0.5, 0.6) is 0 Å². The van der Waals surface area contributed by atoms with Crippen LogP contribution in [-0.2, 0) is 33.3 Å². The van der Waals surface area contributed by atoms with E-state index in [9.17, 15) is 19.5 Å². The number of esters is 2. The molecule has 0 bridgehead atoms. The van der Waals surface area contributed by atoms with Crippen LogP contribution in [0.4, 0.5) is 0 Å². The summed E-state index contributed by atoms with van der Waals surface area (Å²) in [6.07, 6.45) is 96.6. The molecule has 91 heavy (non-hydrogen) atoms. The van der Waals surface area contributed by atoms with Gasteiger partial charge in [-0.15, -0.1) is 0 Å². The van der Waals surface area contributed by atoms with Crippen LogP contribution in [0.2, 0.25) is 0 Å². The highest BCUT2D eigenvalue weighted by Crippen LogP contribution is 2.18. The molecule has 0 fully saturated rings. The highest BCUT2D eigenvalue weighted by atomic mass is 16.7. The zero-order chi connectivity index (χ0) is 66.1. The average molecular weight is 1270 g/mol. The maximum absolute atomic E-state index is 13.0. The van der Waals surface area contributed by atoms with Crippen LogP contribution in [0, 0.1) is 0 Å². The fourth-order valence-electron chi connectivity index (χ4n) is 11.0. The SMILES string of the molecule is CC/C=C\C/C=C\C/C=C\C/C=C\C/C=C\C/C=C\CCCCCCCCCCCCCCCCCCCCCCCCC(=O)OC(COC(=O)CCCCCCCCCCCCCCC/C=C\C/C=C\CCCCCCC)COC(OCC[N+](C)(C)C)C(=O)[O-]. The van der Waals surface area contributed by atoms with E-state index in [1.165, 1.54) is 238 Å². The van der Waals surface area contributed by atoms with Gasteiger partial charge in [-0.2, -0.15) is 0 Å². The lowest BCUT2D eigenvalue weighted by molar-refractivity contribution is -0.870. The number of carbonyl (C=O) groups excluding carboxylic acids is 3. The van der Waals surface area contributed by atoms with Gasteiger partial charge in [0.05, 0.1) is 40.3 Å². The molecule has 0 radical (unpaired) electrons. The Labute approximate surface area is 562 Å². The Hall–Kier alpha value is -3.79. The predicted octanol–water partition coefficient (Wildman–Crippen LogP) is 23.0. The molecule has 0 aromatic heterocycles. The quantitative estimate of drug-likeness (QED) is 0.0195. The molecule has 0 aliphatic heterocycles. The molecule has 2 unspecified atom stereocenters. The number of nitrogens with zero attached hydrogens (tertiary/aromatic N) is 1. The number of carboxylic acids is 1. The second-order valence-corrected chi connectivity index (χ2v) is 26.9. The van der Waals surface area contributed by atoms with Crippen LogP contribution in [-0.4, -0.2) is 82.3 Å². The molecule has 0 heterocycles. The molecule has 9 heteroatoms. The van der Waals surface area contributed by atoms with Gasteiger partial charge in [-0.3, -0.25) is 9.59 Å². The van der Waals surface area contributed by atoms with Crippen molar-refractivity contribution < 1.29 is 42.9 Å². The van der Waals surface area contributed by atoms with E-state index in [2.05, 4.69) is 111 Å². The summed E-state index contributed by atoms with van der Waals surface area (Å²) in [6, 6.07) is 0. The van der Waals surface area contributed by atoms with Crippen molar-refractivity contribution in [1.82, 2.24) is 0 Å². The smallest absolute Gasteiger partial charge is 0.306 e. The standard InChI is InChI=1S/C82H145NO8/c1-6-8-10-12-14-16-18-20-22-24-26-28-30-32-33-34-35-36-37-38-39-40-41-42-43-44-45-46-47-49-51-53-55-57-59-61-63-65-67-69-71-73-80(85)91-78(77-90-82(81(86)87)88-75-74-83(3,4)5)76-89-79(84)72-70-68-66-64-62-60-58-56-54-52-50-48-31-29-27-25-23-21-19-17-15-13-11-9-7-2/h8,10,14,16,19-22,25-28,32-33,35-36,78,82H,6-7,9,11-13,15,17-18,23-24,29-31,34,37-77H2,1-5H3/b10-8-,16-14-,21-19-,22-20-,27-25-,28-26-,33-32-,36-35-. The van der Waals surface area contributed by atoms with E-state index in [4.69, 9.17) is 18.9 Å². The van der Waals surface area contributed by atoms with Crippen molar-refractivity contribution >= 4 is 17.9 Å². The summed E-state index contributed by atoms with van der Waals surface area (Å²) in [6.45, 7) is 4.67. The fraction of sp³-hybridized carbons (Fsp3) is 0.768. The van der Waals surface area contributed by atoms with E-state index in [1.807, 2.05) is 21.1 Å².